The molecule has 5 heteroatoms. The Morgan fingerprint density at radius 2 is 1.00 bits per heavy atom. The van der Waals surface area contributed by atoms with Crippen LogP contribution >= 0.6 is 0 Å². The fourth-order valence-electron chi connectivity index (χ4n) is 3.21. The zero-order valence-corrected chi connectivity index (χ0v) is 20.1. The molecule has 0 aliphatic carbocycles. The maximum absolute atomic E-state index is 10.2. The molecule has 0 saturated carbocycles. The van der Waals surface area contributed by atoms with Crippen LogP contribution in [0.15, 0.2) is 30.3 Å². The first kappa shape index (κ1) is 30.9. The van der Waals surface area contributed by atoms with Gasteiger partial charge in [-0.15, -0.1) is 0 Å². The van der Waals surface area contributed by atoms with Gasteiger partial charge in [0, 0.05) is 5.97 Å². The second kappa shape index (κ2) is 24.0. The number of carbonyl (C=O) groups is 2. The van der Waals surface area contributed by atoms with Crippen molar-refractivity contribution >= 4 is 29.3 Å². The summed E-state index contributed by atoms with van der Waals surface area (Å²) in [5.74, 6) is -2.03. The molecular weight excluding hydrogens is 391 g/mol. The van der Waals surface area contributed by atoms with Gasteiger partial charge in [0.2, 0.25) is 0 Å². The van der Waals surface area contributed by atoms with E-state index in [0.717, 1.165) is 12.8 Å². The Bertz CT molecular complexity index is 505. The Morgan fingerprint density at radius 1 is 0.633 bits per heavy atom. The van der Waals surface area contributed by atoms with Gasteiger partial charge in [0.25, 0.3) is 0 Å². The van der Waals surface area contributed by atoms with E-state index in [-0.39, 0.29) is 29.3 Å². The Labute approximate surface area is 194 Å². The molecule has 0 aromatic heterocycles. The number of rotatable bonds is 17. The van der Waals surface area contributed by atoms with E-state index in [2.05, 4.69) is 6.92 Å². The van der Waals surface area contributed by atoms with Crippen molar-refractivity contribution in [1.29, 1.82) is 0 Å². The molecule has 1 aromatic rings. The predicted octanol–water partition coefficient (Wildman–Crippen LogP) is 4.67. The summed E-state index contributed by atoms with van der Waals surface area (Å²) in [6.07, 6.45) is 19.9. The molecule has 0 aliphatic heterocycles. The van der Waals surface area contributed by atoms with Crippen LogP contribution in [0.25, 0.3) is 0 Å². The number of unbranched alkanes of at least 4 members (excludes halogenated alkanes) is 14. The summed E-state index contributed by atoms with van der Waals surface area (Å²) in [4.78, 5) is 20.3. The van der Waals surface area contributed by atoms with E-state index in [9.17, 15) is 19.8 Å². The van der Waals surface area contributed by atoms with Gasteiger partial charge in [0.15, 0.2) is 0 Å². The van der Waals surface area contributed by atoms with Gasteiger partial charge in [-0.05, 0) is 18.4 Å². The maximum Gasteiger partial charge on any atom is 2.00 e. The average Bonchev–Trinajstić information content (AvgIpc) is 2.72. The molecule has 1 radical (unpaired) electrons. The maximum atomic E-state index is 10.2. The van der Waals surface area contributed by atoms with E-state index in [1.807, 2.05) is 0 Å². The first-order valence-corrected chi connectivity index (χ1v) is 11.5. The third-order valence-corrected chi connectivity index (χ3v) is 4.99. The minimum Gasteiger partial charge on any atom is -0.550 e. The number of aromatic carboxylic acids is 1. The van der Waals surface area contributed by atoms with Crippen molar-refractivity contribution in [2.75, 3.05) is 0 Å². The van der Waals surface area contributed by atoms with Crippen molar-refractivity contribution in [1.82, 2.24) is 0 Å². The Hall–Kier alpha value is -1.31. The van der Waals surface area contributed by atoms with Crippen LogP contribution in [0.1, 0.15) is 120 Å². The van der Waals surface area contributed by atoms with E-state index >= 15 is 0 Å². The van der Waals surface area contributed by atoms with Crippen molar-refractivity contribution in [3.05, 3.63) is 35.9 Å². The van der Waals surface area contributed by atoms with Crippen molar-refractivity contribution < 1.29 is 19.8 Å². The molecule has 0 spiro atoms. The van der Waals surface area contributed by atoms with Crippen LogP contribution in [0.3, 0.4) is 0 Å². The van der Waals surface area contributed by atoms with Gasteiger partial charge >= 0.3 is 17.4 Å². The van der Waals surface area contributed by atoms with Crippen LogP contribution < -0.4 is 10.2 Å². The third kappa shape index (κ3) is 23.0. The third-order valence-electron chi connectivity index (χ3n) is 4.99. The number of carboxylic acid groups (broad SMARTS) is 2. The second-order valence-electron chi connectivity index (χ2n) is 7.73. The molecule has 0 N–H and O–H groups in total. The first-order chi connectivity index (χ1) is 14.1. The normalized spacial score (nSPS) is 9.90. The molecule has 0 heterocycles. The molecule has 1 aromatic carbocycles. The molecule has 167 valence electrons. The van der Waals surface area contributed by atoms with Crippen molar-refractivity contribution in [3.8, 4) is 0 Å². The smallest absolute Gasteiger partial charge is 0.550 e. The summed E-state index contributed by atoms with van der Waals surface area (Å²) in [7, 11) is 0. The molecule has 0 atom stereocenters. The summed E-state index contributed by atoms with van der Waals surface area (Å²) in [5.41, 5.74) is 0.220. The fraction of sp³-hybridized carbons (Fsp3) is 0.680. The van der Waals surface area contributed by atoms with E-state index < -0.39 is 11.9 Å². The largest absolute Gasteiger partial charge is 2.00 e. The number of hydrogen-bond donors (Lipinski definition) is 0. The summed E-state index contributed by atoms with van der Waals surface area (Å²) >= 11 is 0. The van der Waals surface area contributed by atoms with Crippen LogP contribution in [-0.4, -0.2) is 29.3 Å². The van der Waals surface area contributed by atoms with E-state index in [1.54, 1.807) is 18.2 Å². The molecule has 0 fully saturated rings. The average molecular weight is 432 g/mol. The summed E-state index contributed by atoms with van der Waals surface area (Å²) in [6, 6.07) is 8.06. The van der Waals surface area contributed by atoms with Crippen LogP contribution in [-0.2, 0) is 4.79 Å². The van der Waals surface area contributed by atoms with Gasteiger partial charge in [0.05, 0.1) is 5.97 Å². The second-order valence-corrected chi connectivity index (χ2v) is 7.73. The van der Waals surface area contributed by atoms with Gasteiger partial charge in [-0.1, -0.05) is 127 Å². The number of carbonyl (C=O) groups excluding carboxylic acids is 2. The molecular formula is C25H40AlO4. The molecule has 0 unspecified atom stereocenters. The number of hydrogen-bond acceptors (Lipinski definition) is 4. The van der Waals surface area contributed by atoms with Crippen LogP contribution in [0.2, 0.25) is 0 Å². The topological polar surface area (TPSA) is 80.3 Å². The zero-order valence-electron chi connectivity index (χ0n) is 18.9. The van der Waals surface area contributed by atoms with Gasteiger partial charge in [-0.3, -0.25) is 0 Å². The van der Waals surface area contributed by atoms with Crippen LogP contribution in [0.4, 0.5) is 0 Å². The molecule has 0 aliphatic rings. The summed E-state index contributed by atoms with van der Waals surface area (Å²) in [5, 5.41) is 20.3. The van der Waals surface area contributed by atoms with E-state index in [0.29, 0.717) is 0 Å². The number of aliphatic carboxylic acids is 1. The minimum absolute atomic E-state index is 0. The SMILES string of the molecule is CCCCCCCCCCCCCCCCCC(=O)[O-].O=C([O-])c1ccccc1.[Al+2]. The summed E-state index contributed by atoms with van der Waals surface area (Å²) < 4.78 is 0. The zero-order chi connectivity index (χ0) is 21.6. The molecule has 4 nitrogen and oxygen atoms in total. The number of carboxylic acids is 2. The molecule has 0 saturated heterocycles. The Morgan fingerprint density at radius 3 is 1.30 bits per heavy atom. The van der Waals surface area contributed by atoms with Crippen LogP contribution in [0, 0.1) is 0 Å². The van der Waals surface area contributed by atoms with Crippen molar-refractivity contribution in [3.63, 3.8) is 0 Å². The van der Waals surface area contributed by atoms with E-state index in [1.165, 1.54) is 95.6 Å². The van der Waals surface area contributed by atoms with Gasteiger partial charge in [0.1, 0.15) is 0 Å². The van der Waals surface area contributed by atoms with Gasteiger partial charge in [-0.2, -0.15) is 0 Å². The Kier molecular flexibility index (Phi) is 24.7. The summed E-state index contributed by atoms with van der Waals surface area (Å²) in [6.45, 7) is 2.27. The first-order valence-electron chi connectivity index (χ1n) is 11.5. The van der Waals surface area contributed by atoms with E-state index in [4.69, 9.17) is 0 Å². The van der Waals surface area contributed by atoms with Gasteiger partial charge in [-0.25, -0.2) is 0 Å². The van der Waals surface area contributed by atoms with Crippen molar-refractivity contribution in [2.24, 2.45) is 0 Å². The predicted molar refractivity (Wildman–Crippen MR) is 121 cm³/mol. The molecule has 0 amide bonds. The fourth-order valence-corrected chi connectivity index (χ4v) is 3.21. The molecule has 1 rings (SSSR count). The van der Waals surface area contributed by atoms with Gasteiger partial charge < -0.3 is 19.8 Å². The molecule has 30 heavy (non-hydrogen) atoms. The van der Waals surface area contributed by atoms with Crippen molar-refractivity contribution in [2.45, 2.75) is 110 Å². The Balaban J connectivity index is 0. The molecule has 0 bridgehead atoms. The standard InChI is InChI=1S/C18H36O2.C7H6O2.Al/c1-2-3-4-5-6-7-8-9-10-11-12-13-14-15-16-17-18(19)20;8-7(9)6-4-2-1-3-5-6;/h2-17H2,1H3,(H,19,20);1-5H,(H,8,9);/q;;+2/p-2. The minimum atomic E-state index is -1.13. The monoisotopic (exact) mass is 431 g/mol. The van der Waals surface area contributed by atoms with Crippen LogP contribution in [0.5, 0.6) is 0 Å². The number of benzene rings is 1. The quantitative estimate of drug-likeness (QED) is 0.265.